The fraction of sp³-hybridized carbons (Fsp3) is 0.533. The molecule has 3 rings (SSSR count). The Kier molecular flexibility index (Phi) is 3.58. The zero-order valence-electron chi connectivity index (χ0n) is 11.2. The summed E-state index contributed by atoms with van der Waals surface area (Å²) in [6, 6.07) is 4.55. The van der Waals surface area contributed by atoms with Crippen LogP contribution in [0.2, 0.25) is 0 Å². The quantitative estimate of drug-likeness (QED) is 0.919. The van der Waals surface area contributed by atoms with Gasteiger partial charge in [-0.05, 0) is 44.4 Å². The molecule has 0 bridgehead atoms. The third-order valence-electron chi connectivity index (χ3n) is 4.00. The molecule has 2 fully saturated rings. The van der Waals surface area contributed by atoms with Gasteiger partial charge >= 0.3 is 0 Å². The minimum absolute atomic E-state index is 0.0264. The topological polar surface area (TPSA) is 39.1 Å². The van der Waals surface area contributed by atoms with Crippen LogP contribution in [0.3, 0.4) is 0 Å². The lowest BCUT2D eigenvalue weighted by atomic mass is 10.1. The molecule has 1 aromatic carbocycles. The molecule has 1 aliphatic carbocycles. The zero-order chi connectivity index (χ0) is 14.1. The van der Waals surface area contributed by atoms with E-state index in [9.17, 15) is 8.78 Å². The van der Waals surface area contributed by atoms with Crippen LogP contribution in [0.1, 0.15) is 31.2 Å². The molecule has 106 valence electrons. The largest absolute Gasteiger partial charge is 0.362 e. The maximum atomic E-state index is 14.2. The maximum Gasteiger partial charge on any atom is 0.150 e. The molecule has 3 nitrogen and oxygen atoms in total. The summed E-state index contributed by atoms with van der Waals surface area (Å²) < 4.78 is 28.3. The van der Waals surface area contributed by atoms with Crippen molar-refractivity contribution in [3.8, 4) is 6.07 Å². The van der Waals surface area contributed by atoms with E-state index in [0.717, 1.165) is 44.4 Å². The van der Waals surface area contributed by atoms with Gasteiger partial charge in [-0.15, -0.1) is 0 Å². The van der Waals surface area contributed by atoms with E-state index in [1.165, 1.54) is 0 Å². The summed E-state index contributed by atoms with van der Waals surface area (Å²) >= 11 is 0. The van der Waals surface area contributed by atoms with Gasteiger partial charge < -0.3 is 10.2 Å². The van der Waals surface area contributed by atoms with E-state index >= 15 is 0 Å². The van der Waals surface area contributed by atoms with Gasteiger partial charge in [-0.1, -0.05) is 0 Å². The van der Waals surface area contributed by atoms with E-state index < -0.39 is 11.6 Å². The second-order valence-electron chi connectivity index (χ2n) is 5.58. The standard InChI is InChI=1S/C15H17F2N3/c16-13-6-10(8-18)7-14(17)15(13)20(12-3-4-12)9-11-2-1-5-19-11/h6-7,11-12,19H,1-5,9H2. The Hall–Kier alpha value is -1.67. The van der Waals surface area contributed by atoms with Crippen LogP contribution in [0.4, 0.5) is 14.5 Å². The third kappa shape index (κ3) is 2.61. The van der Waals surface area contributed by atoms with Crippen LogP contribution in [0, 0.1) is 23.0 Å². The number of benzene rings is 1. The molecule has 1 saturated carbocycles. The van der Waals surface area contributed by atoms with E-state index in [1.807, 2.05) is 4.90 Å². The molecule has 0 radical (unpaired) electrons. The second kappa shape index (κ2) is 5.37. The van der Waals surface area contributed by atoms with Crippen LogP contribution in [0.25, 0.3) is 0 Å². The predicted molar refractivity (Wildman–Crippen MR) is 72.5 cm³/mol. The Balaban J connectivity index is 1.89. The van der Waals surface area contributed by atoms with Crippen molar-refractivity contribution in [2.45, 2.75) is 37.8 Å². The van der Waals surface area contributed by atoms with Crippen LogP contribution in [0.5, 0.6) is 0 Å². The van der Waals surface area contributed by atoms with Gasteiger partial charge in [0.1, 0.15) is 5.69 Å². The van der Waals surface area contributed by atoms with E-state index in [1.54, 1.807) is 6.07 Å². The van der Waals surface area contributed by atoms with Crippen molar-refractivity contribution in [2.24, 2.45) is 0 Å². The molecule has 1 atom stereocenters. The molecule has 20 heavy (non-hydrogen) atoms. The third-order valence-corrected chi connectivity index (χ3v) is 4.00. The first-order valence-corrected chi connectivity index (χ1v) is 7.08. The first-order chi connectivity index (χ1) is 9.69. The number of nitrogens with one attached hydrogen (secondary N) is 1. The average molecular weight is 277 g/mol. The van der Waals surface area contributed by atoms with Crippen LogP contribution in [-0.2, 0) is 0 Å². The number of anilines is 1. The minimum Gasteiger partial charge on any atom is -0.362 e. The lowest BCUT2D eigenvalue weighted by Gasteiger charge is -2.28. The smallest absolute Gasteiger partial charge is 0.150 e. The fourth-order valence-electron chi connectivity index (χ4n) is 2.86. The molecule has 0 spiro atoms. The first kappa shape index (κ1) is 13.3. The van der Waals surface area contributed by atoms with Crippen molar-refractivity contribution in [3.63, 3.8) is 0 Å². The molecule has 5 heteroatoms. The Morgan fingerprint density at radius 1 is 1.25 bits per heavy atom. The first-order valence-electron chi connectivity index (χ1n) is 7.08. The lowest BCUT2D eigenvalue weighted by Crippen LogP contribution is -2.39. The molecule has 1 unspecified atom stereocenters. The molecule has 0 amide bonds. The monoisotopic (exact) mass is 277 g/mol. The van der Waals surface area contributed by atoms with E-state index in [0.29, 0.717) is 12.6 Å². The normalized spacial score (nSPS) is 21.8. The van der Waals surface area contributed by atoms with Crippen LogP contribution in [-0.4, -0.2) is 25.2 Å². The van der Waals surface area contributed by atoms with Gasteiger partial charge in [0, 0.05) is 18.6 Å². The molecular formula is C15H17F2N3. The minimum atomic E-state index is -0.633. The Labute approximate surface area is 117 Å². The van der Waals surface area contributed by atoms with Gasteiger partial charge in [0.05, 0.1) is 11.6 Å². The highest BCUT2D eigenvalue weighted by Crippen LogP contribution is 2.35. The van der Waals surface area contributed by atoms with Crippen LogP contribution < -0.4 is 10.2 Å². The van der Waals surface area contributed by atoms with Crippen LogP contribution >= 0.6 is 0 Å². The summed E-state index contributed by atoms with van der Waals surface area (Å²) in [5, 5.41) is 12.1. The van der Waals surface area contributed by atoms with Gasteiger partial charge in [-0.2, -0.15) is 5.26 Å². The predicted octanol–water partition coefficient (Wildman–Crippen LogP) is 2.56. The number of hydrogen-bond acceptors (Lipinski definition) is 3. The molecule has 1 aliphatic heterocycles. The van der Waals surface area contributed by atoms with Gasteiger partial charge in [0.2, 0.25) is 0 Å². The highest BCUT2D eigenvalue weighted by molar-refractivity contribution is 5.54. The van der Waals surface area contributed by atoms with E-state index in [-0.39, 0.29) is 17.3 Å². The Morgan fingerprint density at radius 2 is 1.95 bits per heavy atom. The van der Waals surface area contributed by atoms with Gasteiger partial charge in [-0.25, -0.2) is 8.78 Å². The highest BCUT2D eigenvalue weighted by atomic mass is 19.1. The fourth-order valence-corrected chi connectivity index (χ4v) is 2.86. The van der Waals surface area contributed by atoms with Crippen molar-refractivity contribution in [2.75, 3.05) is 18.0 Å². The zero-order valence-corrected chi connectivity index (χ0v) is 11.2. The summed E-state index contributed by atoms with van der Waals surface area (Å²) in [4.78, 5) is 1.84. The average Bonchev–Trinajstić information content (AvgIpc) is 3.14. The number of rotatable bonds is 4. The highest BCUT2D eigenvalue weighted by Gasteiger charge is 2.34. The summed E-state index contributed by atoms with van der Waals surface area (Å²) in [6.45, 7) is 1.60. The van der Waals surface area contributed by atoms with Crippen LogP contribution in [0.15, 0.2) is 12.1 Å². The lowest BCUT2D eigenvalue weighted by molar-refractivity contribution is 0.537. The van der Waals surface area contributed by atoms with Crippen molar-refractivity contribution in [3.05, 3.63) is 29.3 Å². The molecule has 1 heterocycles. The van der Waals surface area contributed by atoms with Gasteiger partial charge in [0.25, 0.3) is 0 Å². The molecule has 1 saturated heterocycles. The summed E-state index contributed by atoms with van der Waals surface area (Å²) in [7, 11) is 0. The van der Waals surface area contributed by atoms with E-state index in [4.69, 9.17) is 5.26 Å². The molecule has 2 aliphatic rings. The van der Waals surface area contributed by atoms with E-state index in [2.05, 4.69) is 5.32 Å². The SMILES string of the molecule is N#Cc1cc(F)c(N(CC2CCCN2)C2CC2)c(F)c1. The summed E-state index contributed by atoms with van der Waals surface area (Å²) in [5.41, 5.74) is 0.0543. The number of nitriles is 1. The Bertz CT molecular complexity index is 520. The van der Waals surface area contributed by atoms with Crippen molar-refractivity contribution < 1.29 is 8.78 Å². The number of nitrogens with zero attached hydrogens (tertiary/aromatic N) is 2. The summed E-state index contributed by atoms with van der Waals surface area (Å²) in [6.07, 6.45) is 4.11. The van der Waals surface area contributed by atoms with Gasteiger partial charge in [-0.3, -0.25) is 0 Å². The van der Waals surface area contributed by atoms with Crippen molar-refractivity contribution in [1.29, 1.82) is 5.26 Å². The van der Waals surface area contributed by atoms with Crippen molar-refractivity contribution in [1.82, 2.24) is 5.32 Å². The molecule has 0 aromatic heterocycles. The van der Waals surface area contributed by atoms with Crippen molar-refractivity contribution >= 4 is 5.69 Å². The number of halogens is 2. The maximum absolute atomic E-state index is 14.2. The molecule has 1 N–H and O–H groups in total. The molecule has 1 aromatic rings. The molecular weight excluding hydrogens is 260 g/mol. The second-order valence-corrected chi connectivity index (χ2v) is 5.58. The number of hydrogen-bond donors (Lipinski definition) is 1. The van der Waals surface area contributed by atoms with Gasteiger partial charge in [0.15, 0.2) is 11.6 Å². The Morgan fingerprint density at radius 3 is 2.45 bits per heavy atom. The summed E-state index contributed by atoms with van der Waals surface area (Å²) in [5.74, 6) is -1.27.